The van der Waals surface area contributed by atoms with Gasteiger partial charge < -0.3 is 19.7 Å². The number of nitrogens with zero attached hydrogens (tertiary/aromatic N) is 1. The van der Waals surface area contributed by atoms with Crippen LogP contribution in [0.2, 0.25) is 4.34 Å². The second-order valence-corrected chi connectivity index (χ2v) is 8.25. The van der Waals surface area contributed by atoms with E-state index in [1.165, 1.54) is 17.8 Å². The van der Waals surface area contributed by atoms with Crippen LogP contribution in [0.15, 0.2) is 36.4 Å². The number of nitrogens with one attached hydrogen (secondary N) is 1. The van der Waals surface area contributed by atoms with Gasteiger partial charge in [-0.2, -0.15) is 0 Å². The molecule has 0 aliphatic carbocycles. The highest BCUT2D eigenvalue weighted by Crippen LogP contribution is 2.26. The maximum Gasteiger partial charge on any atom is 0.322 e. The smallest absolute Gasteiger partial charge is 0.322 e. The summed E-state index contributed by atoms with van der Waals surface area (Å²) in [5.41, 5.74) is 0.668. The zero-order valence-electron chi connectivity index (χ0n) is 15.4. The minimum atomic E-state index is -0.160. The van der Waals surface area contributed by atoms with Crippen molar-refractivity contribution in [3.8, 4) is 5.75 Å². The van der Waals surface area contributed by atoms with E-state index in [-0.39, 0.29) is 12.1 Å². The summed E-state index contributed by atoms with van der Waals surface area (Å²) in [6.45, 7) is 4.37. The quantitative estimate of drug-likeness (QED) is 0.666. The largest absolute Gasteiger partial charge is 0.489 e. The molecule has 3 rings (SSSR count). The second-order valence-electron chi connectivity index (χ2n) is 6.45. The standard InChI is InChI=1S/C20H25ClN2O3S/c1-2-23(13-16-10-11-19(21)27-16)20(24)22-17-8-3-4-9-18(17)26-14-15-7-5-6-12-25-15/h3-4,8-11,15H,2,5-7,12-14H2,1H3,(H,22,24). The fourth-order valence-electron chi connectivity index (χ4n) is 2.96. The molecule has 7 heteroatoms. The number of urea groups is 1. The zero-order chi connectivity index (χ0) is 19.1. The van der Waals surface area contributed by atoms with Crippen molar-refractivity contribution < 1.29 is 14.3 Å². The molecule has 146 valence electrons. The lowest BCUT2D eigenvalue weighted by Gasteiger charge is -2.24. The van der Waals surface area contributed by atoms with Gasteiger partial charge in [-0.1, -0.05) is 23.7 Å². The Bertz CT molecular complexity index is 746. The summed E-state index contributed by atoms with van der Waals surface area (Å²) in [6, 6.07) is 11.1. The van der Waals surface area contributed by atoms with Gasteiger partial charge >= 0.3 is 6.03 Å². The second kappa shape index (κ2) is 9.97. The maximum atomic E-state index is 12.7. The van der Waals surface area contributed by atoms with Crippen molar-refractivity contribution in [1.29, 1.82) is 0 Å². The van der Waals surface area contributed by atoms with Crippen LogP contribution in [0.3, 0.4) is 0 Å². The Morgan fingerprint density at radius 1 is 1.33 bits per heavy atom. The fourth-order valence-corrected chi connectivity index (χ4v) is 4.07. The minimum Gasteiger partial charge on any atom is -0.489 e. The zero-order valence-corrected chi connectivity index (χ0v) is 17.0. The lowest BCUT2D eigenvalue weighted by atomic mass is 10.1. The minimum absolute atomic E-state index is 0.123. The number of anilines is 1. The third-order valence-electron chi connectivity index (χ3n) is 4.47. The summed E-state index contributed by atoms with van der Waals surface area (Å²) in [6.07, 6.45) is 3.43. The molecule has 0 spiro atoms. The van der Waals surface area contributed by atoms with Gasteiger partial charge in [0.15, 0.2) is 0 Å². The molecule has 1 aromatic carbocycles. The molecule has 2 amide bonds. The van der Waals surface area contributed by atoms with E-state index in [0.717, 1.165) is 28.7 Å². The van der Waals surface area contributed by atoms with Crippen molar-refractivity contribution in [2.75, 3.05) is 25.1 Å². The number of carbonyl (C=O) groups is 1. The molecule has 1 fully saturated rings. The highest BCUT2D eigenvalue weighted by Gasteiger charge is 2.18. The van der Waals surface area contributed by atoms with Crippen molar-refractivity contribution in [2.45, 2.75) is 38.8 Å². The number of amides is 2. The third-order valence-corrected chi connectivity index (χ3v) is 5.69. The van der Waals surface area contributed by atoms with Gasteiger partial charge in [0.05, 0.1) is 22.7 Å². The van der Waals surface area contributed by atoms with Crippen LogP contribution in [-0.2, 0) is 11.3 Å². The van der Waals surface area contributed by atoms with Crippen LogP contribution in [0.5, 0.6) is 5.75 Å². The number of rotatable bonds is 7. The van der Waals surface area contributed by atoms with Gasteiger partial charge in [0.25, 0.3) is 0 Å². The summed E-state index contributed by atoms with van der Waals surface area (Å²) in [7, 11) is 0. The molecular formula is C20H25ClN2O3S. The Labute approximate surface area is 169 Å². The molecular weight excluding hydrogens is 384 g/mol. The number of hydrogen-bond acceptors (Lipinski definition) is 4. The number of thiophene rings is 1. The van der Waals surface area contributed by atoms with Gasteiger partial charge in [-0.25, -0.2) is 4.79 Å². The summed E-state index contributed by atoms with van der Waals surface area (Å²) in [4.78, 5) is 15.5. The molecule has 1 unspecified atom stereocenters. The molecule has 1 atom stereocenters. The van der Waals surface area contributed by atoms with Crippen molar-refractivity contribution in [1.82, 2.24) is 4.90 Å². The number of halogens is 1. The van der Waals surface area contributed by atoms with E-state index in [2.05, 4.69) is 5.32 Å². The van der Waals surface area contributed by atoms with Crippen LogP contribution in [-0.4, -0.2) is 36.8 Å². The van der Waals surface area contributed by atoms with Crippen molar-refractivity contribution >= 4 is 34.7 Å². The van der Waals surface area contributed by atoms with E-state index < -0.39 is 0 Å². The van der Waals surface area contributed by atoms with Crippen LogP contribution in [0.4, 0.5) is 10.5 Å². The third kappa shape index (κ3) is 5.86. The topological polar surface area (TPSA) is 50.8 Å². The molecule has 27 heavy (non-hydrogen) atoms. The van der Waals surface area contributed by atoms with E-state index >= 15 is 0 Å². The van der Waals surface area contributed by atoms with Crippen molar-refractivity contribution in [2.24, 2.45) is 0 Å². The Hall–Kier alpha value is -1.76. The molecule has 1 aliphatic rings. The van der Waals surface area contributed by atoms with Gasteiger partial charge in [-0.3, -0.25) is 0 Å². The SMILES string of the molecule is CCN(Cc1ccc(Cl)s1)C(=O)Nc1ccccc1OCC1CCCCO1. The molecule has 0 saturated carbocycles. The molecule has 1 N–H and O–H groups in total. The first-order chi connectivity index (χ1) is 13.2. The molecule has 2 heterocycles. The molecule has 0 bridgehead atoms. The van der Waals surface area contributed by atoms with Crippen LogP contribution in [0.1, 0.15) is 31.1 Å². The highest BCUT2D eigenvalue weighted by atomic mass is 35.5. The van der Waals surface area contributed by atoms with E-state index in [0.29, 0.717) is 31.1 Å². The van der Waals surface area contributed by atoms with Gasteiger partial charge in [0.1, 0.15) is 12.4 Å². The lowest BCUT2D eigenvalue weighted by molar-refractivity contribution is -0.0109. The Balaban J connectivity index is 1.60. The Morgan fingerprint density at radius 3 is 2.89 bits per heavy atom. The predicted octanol–water partition coefficient (Wildman–Crippen LogP) is 5.40. The number of hydrogen-bond donors (Lipinski definition) is 1. The summed E-state index contributed by atoms with van der Waals surface area (Å²) >= 11 is 7.48. The average Bonchev–Trinajstić information content (AvgIpc) is 3.11. The first-order valence-electron chi connectivity index (χ1n) is 9.29. The van der Waals surface area contributed by atoms with Crippen molar-refractivity contribution in [3.63, 3.8) is 0 Å². The molecule has 1 aliphatic heterocycles. The maximum absolute atomic E-state index is 12.7. The van der Waals surface area contributed by atoms with Crippen molar-refractivity contribution in [3.05, 3.63) is 45.6 Å². The van der Waals surface area contributed by atoms with Gasteiger partial charge in [-0.05, 0) is 50.5 Å². The van der Waals surface area contributed by atoms with Gasteiger partial charge in [0, 0.05) is 18.0 Å². The average molecular weight is 409 g/mol. The van der Waals surface area contributed by atoms with Gasteiger partial charge in [-0.15, -0.1) is 11.3 Å². The van der Waals surface area contributed by atoms with Gasteiger partial charge in [0.2, 0.25) is 0 Å². The number of benzene rings is 1. The number of carbonyl (C=O) groups excluding carboxylic acids is 1. The van der Waals surface area contributed by atoms with E-state index in [1.807, 2.05) is 43.3 Å². The summed E-state index contributed by atoms with van der Waals surface area (Å²) in [5, 5.41) is 2.97. The molecule has 5 nitrogen and oxygen atoms in total. The Kier molecular flexibility index (Phi) is 7.38. The van der Waals surface area contributed by atoms with E-state index in [4.69, 9.17) is 21.1 Å². The molecule has 1 saturated heterocycles. The molecule has 1 aromatic heterocycles. The summed E-state index contributed by atoms with van der Waals surface area (Å²) in [5.74, 6) is 0.662. The first kappa shape index (κ1) is 20.0. The van der Waals surface area contributed by atoms with Crippen LogP contribution >= 0.6 is 22.9 Å². The monoisotopic (exact) mass is 408 g/mol. The van der Waals surface area contributed by atoms with E-state index in [1.54, 1.807) is 4.90 Å². The fraction of sp³-hybridized carbons (Fsp3) is 0.450. The Morgan fingerprint density at radius 2 is 2.19 bits per heavy atom. The predicted molar refractivity (Wildman–Crippen MR) is 110 cm³/mol. The van der Waals surface area contributed by atoms with Crippen LogP contribution in [0.25, 0.3) is 0 Å². The normalized spacial score (nSPS) is 16.7. The number of ether oxygens (including phenoxy) is 2. The van der Waals surface area contributed by atoms with E-state index in [9.17, 15) is 4.79 Å². The number of para-hydroxylation sites is 2. The van der Waals surface area contributed by atoms with Crippen LogP contribution in [0, 0.1) is 0 Å². The highest BCUT2D eigenvalue weighted by molar-refractivity contribution is 7.16. The first-order valence-corrected chi connectivity index (χ1v) is 10.5. The summed E-state index contributed by atoms with van der Waals surface area (Å²) < 4.78 is 12.4. The lowest BCUT2D eigenvalue weighted by Crippen LogP contribution is -2.34. The molecule has 0 radical (unpaired) electrons. The van der Waals surface area contributed by atoms with Crippen LogP contribution < -0.4 is 10.1 Å². The molecule has 2 aromatic rings.